The number of aryl methyl sites for hydroxylation is 2. The Balaban J connectivity index is 1.19. The number of rotatable bonds is 6. The van der Waals surface area contributed by atoms with Gasteiger partial charge in [-0.1, -0.05) is 48.0 Å². The molecule has 5 heteroatoms. The molecule has 158 valence electrons. The molecular weight excluding hydrogens is 372 g/mol. The molecule has 1 saturated heterocycles. The van der Waals surface area contributed by atoms with Crippen LogP contribution in [0, 0.1) is 13.8 Å². The van der Waals surface area contributed by atoms with Crippen molar-refractivity contribution in [3.63, 3.8) is 0 Å². The van der Waals surface area contributed by atoms with Crippen molar-refractivity contribution >= 4 is 16.9 Å². The topological polar surface area (TPSA) is 60.2 Å². The van der Waals surface area contributed by atoms with Gasteiger partial charge in [-0.3, -0.25) is 4.90 Å². The second-order valence-corrected chi connectivity index (χ2v) is 8.46. The summed E-state index contributed by atoms with van der Waals surface area (Å²) in [5.41, 5.74) is 6.30. The van der Waals surface area contributed by atoms with E-state index in [0.29, 0.717) is 6.54 Å². The molecule has 2 amide bonds. The fourth-order valence-corrected chi connectivity index (χ4v) is 4.50. The van der Waals surface area contributed by atoms with Crippen LogP contribution < -0.4 is 10.6 Å². The van der Waals surface area contributed by atoms with Crippen LogP contribution in [0.4, 0.5) is 4.79 Å². The Bertz CT molecular complexity index is 1000. The van der Waals surface area contributed by atoms with Crippen molar-refractivity contribution in [3.8, 4) is 0 Å². The SMILES string of the molecule is Cc1cccc(CN2CCC(NC(=O)NCCc3c(C)[nH]c4ccccc34)CC2)c1. The van der Waals surface area contributed by atoms with Gasteiger partial charge in [-0.15, -0.1) is 0 Å². The molecule has 1 aliphatic heterocycles. The van der Waals surface area contributed by atoms with E-state index in [1.807, 2.05) is 6.07 Å². The Morgan fingerprint density at radius 3 is 2.70 bits per heavy atom. The summed E-state index contributed by atoms with van der Waals surface area (Å²) in [6.45, 7) is 7.91. The normalized spacial score (nSPS) is 15.4. The van der Waals surface area contributed by atoms with E-state index in [1.165, 1.54) is 27.8 Å². The summed E-state index contributed by atoms with van der Waals surface area (Å²) in [7, 11) is 0. The van der Waals surface area contributed by atoms with Crippen LogP contribution in [0.1, 0.15) is 35.2 Å². The first-order valence-corrected chi connectivity index (χ1v) is 11.0. The number of aromatic nitrogens is 1. The van der Waals surface area contributed by atoms with Crippen LogP contribution in [0.3, 0.4) is 0 Å². The highest BCUT2D eigenvalue weighted by atomic mass is 16.2. The average molecular weight is 405 g/mol. The third-order valence-electron chi connectivity index (χ3n) is 6.10. The van der Waals surface area contributed by atoms with Crippen molar-refractivity contribution in [2.24, 2.45) is 0 Å². The van der Waals surface area contributed by atoms with E-state index in [1.54, 1.807) is 0 Å². The molecule has 0 radical (unpaired) electrons. The van der Waals surface area contributed by atoms with Crippen molar-refractivity contribution < 1.29 is 4.79 Å². The van der Waals surface area contributed by atoms with E-state index in [9.17, 15) is 4.79 Å². The van der Waals surface area contributed by atoms with Crippen molar-refractivity contribution in [2.75, 3.05) is 19.6 Å². The summed E-state index contributed by atoms with van der Waals surface area (Å²) >= 11 is 0. The van der Waals surface area contributed by atoms with Crippen LogP contribution >= 0.6 is 0 Å². The van der Waals surface area contributed by atoms with Gasteiger partial charge in [-0.25, -0.2) is 4.79 Å². The van der Waals surface area contributed by atoms with Crippen molar-refractivity contribution in [2.45, 2.75) is 45.7 Å². The number of nitrogens with one attached hydrogen (secondary N) is 3. The Hall–Kier alpha value is -2.79. The third-order valence-corrected chi connectivity index (χ3v) is 6.10. The predicted octanol–water partition coefficient (Wildman–Crippen LogP) is 4.29. The zero-order valence-corrected chi connectivity index (χ0v) is 18.0. The van der Waals surface area contributed by atoms with E-state index in [0.717, 1.165) is 44.4 Å². The monoisotopic (exact) mass is 404 g/mol. The van der Waals surface area contributed by atoms with Gasteiger partial charge in [-0.2, -0.15) is 0 Å². The van der Waals surface area contributed by atoms with Crippen molar-refractivity contribution in [3.05, 3.63) is 70.9 Å². The zero-order chi connectivity index (χ0) is 20.9. The van der Waals surface area contributed by atoms with Crippen LogP contribution in [0.5, 0.6) is 0 Å². The molecule has 1 aromatic heterocycles. The Kier molecular flexibility index (Phi) is 6.38. The number of fused-ring (bicyclic) bond motifs is 1. The Morgan fingerprint density at radius 1 is 1.10 bits per heavy atom. The van der Waals surface area contributed by atoms with Crippen LogP contribution in [-0.2, 0) is 13.0 Å². The standard InChI is InChI=1S/C25H32N4O/c1-18-6-5-7-20(16-18)17-29-14-11-21(12-15-29)28-25(30)26-13-10-22-19(2)27-24-9-4-3-8-23(22)24/h3-9,16,21,27H,10-15,17H2,1-2H3,(H2,26,28,30). The number of H-pyrrole nitrogens is 1. The number of carbonyl (C=O) groups is 1. The van der Waals surface area contributed by atoms with Gasteiger partial charge in [0.1, 0.15) is 0 Å². The Labute approximate surface area is 178 Å². The number of benzene rings is 2. The number of urea groups is 1. The number of piperidine rings is 1. The predicted molar refractivity (Wildman–Crippen MR) is 123 cm³/mol. The first kappa shape index (κ1) is 20.5. The number of amides is 2. The smallest absolute Gasteiger partial charge is 0.315 e. The van der Waals surface area contributed by atoms with E-state index >= 15 is 0 Å². The zero-order valence-electron chi connectivity index (χ0n) is 18.0. The fraction of sp³-hybridized carbons (Fsp3) is 0.400. The van der Waals surface area contributed by atoms with Gasteiger partial charge in [0.15, 0.2) is 0 Å². The summed E-state index contributed by atoms with van der Waals surface area (Å²) in [6.07, 6.45) is 2.83. The van der Waals surface area contributed by atoms with E-state index in [-0.39, 0.29) is 12.1 Å². The Morgan fingerprint density at radius 2 is 1.90 bits per heavy atom. The molecule has 0 atom stereocenters. The summed E-state index contributed by atoms with van der Waals surface area (Å²) in [6, 6.07) is 17.3. The van der Waals surface area contributed by atoms with Crippen LogP contribution in [0.25, 0.3) is 10.9 Å². The molecule has 3 aromatic rings. The lowest BCUT2D eigenvalue weighted by Gasteiger charge is -2.32. The number of carbonyl (C=O) groups excluding carboxylic acids is 1. The lowest BCUT2D eigenvalue weighted by Crippen LogP contribution is -2.48. The lowest BCUT2D eigenvalue weighted by molar-refractivity contribution is 0.186. The summed E-state index contributed by atoms with van der Waals surface area (Å²) in [5, 5.41) is 7.45. The van der Waals surface area contributed by atoms with Crippen LogP contribution in [0.2, 0.25) is 0 Å². The first-order valence-electron chi connectivity index (χ1n) is 11.0. The molecule has 0 saturated carbocycles. The maximum absolute atomic E-state index is 12.4. The highest BCUT2D eigenvalue weighted by Gasteiger charge is 2.20. The van der Waals surface area contributed by atoms with Crippen molar-refractivity contribution in [1.82, 2.24) is 20.5 Å². The van der Waals surface area contributed by atoms with Gasteiger partial charge in [0.05, 0.1) is 0 Å². The van der Waals surface area contributed by atoms with Gasteiger partial charge in [0.25, 0.3) is 0 Å². The molecule has 5 nitrogen and oxygen atoms in total. The van der Waals surface area contributed by atoms with Crippen LogP contribution in [-0.4, -0.2) is 41.6 Å². The van der Waals surface area contributed by atoms with Gasteiger partial charge in [0.2, 0.25) is 0 Å². The number of para-hydroxylation sites is 1. The van der Waals surface area contributed by atoms with Crippen LogP contribution in [0.15, 0.2) is 48.5 Å². The number of hydrogen-bond acceptors (Lipinski definition) is 2. The average Bonchev–Trinajstić information content (AvgIpc) is 3.05. The highest BCUT2D eigenvalue weighted by molar-refractivity contribution is 5.84. The third kappa shape index (κ3) is 5.03. The molecule has 1 fully saturated rings. The highest BCUT2D eigenvalue weighted by Crippen LogP contribution is 2.22. The van der Waals surface area contributed by atoms with Gasteiger partial charge >= 0.3 is 6.03 Å². The van der Waals surface area contributed by atoms with Gasteiger partial charge < -0.3 is 15.6 Å². The quantitative estimate of drug-likeness (QED) is 0.574. The minimum Gasteiger partial charge on any atom is -0.358 e. The summed E-state index contributed by atoms with van der Waals surface area (Å²) in [5.74, 6) is 0. The molecule has 0 spiro atoms. The van der Waals surface area contributed by atoms with Gasteiger partial charge in [0, 0.05) is 48.8 Å². The van der Waals surface area contributed by atoms with Gasteiger partial charge in [-0.05, 0) is 50.3 Å². The summed E-state index contributed by atoms with van der Waals surface area (Å²) in [4.78, 5) is 18.3. The molecule has 2 heterocycles. The molecular formula is C25H32N4O. The number of likely N-dealkylation sites (tertiary alicyclic amines) is 1. The molecule has 0 aliphatic carbocycles. The second kappa shape index (κ2) is 9.35. The maximum Gasteiger partial charge on any atom is 0.315 e. The molecule has 3 N–H and O–H groups in total. The first-order chi connectivity index (χ1) is 14.6. The molecule has 30 heavy (non-hydrogen) atoms. The molecule has 0 bridgehead atoms. The fourth-order valence-electron chi connectivity index (χ4n) is 4.50. The van der Waals surface area contributed by atoms with E-state index in [2.05, 4.69) is 76.8 Å². The number of hydrogen-bond donors (Lipinski definition) is 3. The lowest BCUT2D eigenvalue weighted by atomic mass is 10.0. The van der Waals surface area contributed by atoms with E-state index in [4.69, 9.17) is 0 Å². The van der Waals surface area contributed by atoms with Crippen molar-refractivity contribution in [1.29, 1.82) is 0 Å². The largest absolute Gasteiger partial charge is 0.358 e. The minimum absolute atomic E-state index is 0.0513. The number of aromatic amines is 1. The summed E-state index contributed by atoms with van der Waals surface area (Å²) < 4.78 is 0. The molecule has 2 aromatic carbocycles. The molecule has 0 unspecified atom stereocenters. The molecule has 4 rings (SSSR count). The van der Waals surface area contributed by atoms with E-state index < -0.39 is 0 Å². The maximum atomic E-state index is 12.4. The minimum atomic E-state index is -0.0513. The molecule has 1 aliphatic rings. The second-order valence-electron chi connectivity index (χ2n) is 8.46. The number of nitrogens with zero attached hydrogens (tertiary/aromatic N) is 1.